The number of morpholine rings is 1. The summed E-state index contributed by atoms with van der Waals surface area (Å²) in [6.07, 6.45) is 21.4. The van der Waals surface area contributed by atoms with Gasteiger partial charge < -0.3 is 50.5 Å². The molecule has 29 nitrogen and oxygen atoms in total. The minimum absolute atomic E-state index is 0.225. The average Bonchev–Trinajstić information content (AvgIpc) is 1.66. The van der Waals surface area contributed by atoms with Gasteiger partial charge in [0.2, 0.25) is 0 Å². The molecule has 0 saturated carbocycles. The molecule has 0 aliphatic carbocycles. The molecule has 0 atom stereocenters. The molecule has 11 heterocycles. The number of amides is 4. The number of aromatic amines is 4. The second kappa shape index (κ2) is 45.2. The summed E-state index contributed by atoms with van der Waals surface area (Å²) in [7, 11) is 20.3. The molecule has 0 bridgehead atoms. The number of carbonyl (C=O) groups is 4. The lowest BCUT2D eigenvalue weighted by atomic mass is 10.0. The molecule has 0 radical (unpaired) electrons. The third kappa shape index (κ3) is 25.6. The molecule has 8 N–H and O–H groups in total. The normalized spacial score (nSPS) is 13.7. The fourth-order valence-corrected chi connectivity index (χ4v) is 17.3. The first kappa shape index (κ1) is 94.9. The Morgan fingerprint density at radius 2 is 0.507 bits per heavy atom. The fraction of sp³-hybridized carbons (Fsp3) is 0.290. The molecule has 8 aromatic carbocycles. The largest absolute Gasteiger partial charge is 0.379 e. The highest BCUT2D eigenvalue weighted by Crippen LogP contribution is 2.33. The van der Waals surface area contributed by atoms with Crippen LogP contribution in [0.25, 0.3) is 88.1 Å². The van der Waals surface area contributed by atoms with Crippen molar-refractivity contribution in [3.63, 3.8) is 0 Å². The maximum Gasteiger partial charge on any atom is 0.276 e. The molecule has 3 saturated heterocycles. The van der Waals surface area contributed by atoms with Crippen molar-refractivity contribution < 1.29 is 23.9 Å². The number of piperidine rings is 1. The number of benzene rings is 8. The topological polar surface area (TPSA) is 318 Å². The summed E-state index contributed by atoms with van der Waals surface area (Å²) in [5, 5.41) is 44.2. The van der Waals surface area contributed by atoms with Crippen LogP contribution in [0.4, 0.5) is 22.7 Å². The number of fused-ring (bicyclic) bond motifs is 4. The SMILES string of the molecule is CN(C)Cc1ccc(NC(=O)c2n[nH]c3ccc(-c4cncc(CN(C)C)c4)cc23)cc1.CN(C)Cc1cncc(-c2ccc3[nH]nc(C(=O)Nc4ccc(CN5CCCC5)cc4)c3c2)c1.CN(C)Cc1cncc(-c2ccc3[nH]nc(C(=O)Nc4ccc(CN5CCCCC5)cc4)c3c2)c1.CN(C)Cc1cncc(-c2ccc3[nH]nc(C(=O)Nc4ccc(CN5CCOCC5)cc4)c3c2)c1. The minimum Gasteiger partial charge on any atom is -0.379 e. The van der Waals surface area contributed by atoms with Gasteiger partial charge >= 0.3 is 0 Å². The monoisotopic (exact) mass is 1820 g/mol. The van der Waals surface area contributed by atoms with Crippen molar-refractivity contribution in [2.75, 3.05) is 144 Å². The van der Waals surface area contributed by atoms with Gasteiger partial charge in [-0.1, -0.05) is 79.2 Å². The summed E-state index contributed by atoms with van der Waals surface area (Å²) in [6, 6.07) is 64.5. The highest BCUT2D eigenvalue weighted by atomic mass is 16.5. The van der Waals surface area contributed by atoms with Gasteiger partial charge in [-0.05, 0) is 310 Å². The van der Waals surface area contributed by atoms with Crippen LogP contribution in [0.3, 0.4) is 0 Å². The standard InChI is InChI=1S/C28H32N6O.C27H30N6O2.C27H30N6O.C25H28N6O/c1-33(2)18-21-14-23(17-29-16-21)22-8-11-26-25(15-22)27(32-31-26)28(35)30-24-9-6-20(7-10-24)19-34-12-4-3-5-13-34;1-32(2)17-20-13-22(16-28-15-20)21-5-8-25-24(14-21)26(31-30-25)27(34)29-23-6-3-19(4-7-23)18-33-9-11-35-12-10-33;1-32(2)17-20-13-22(16-28-15-20)21-7-10-25-24(14-21)26(31-30-25)27(34)29-23-8-5-19(6-9-23)18-33-11-3-4-12-33;1-30(2)15-17-5-8-21(9-6-17)27-25(32)24-22-12-19(7-10-23(22)28-29-24)20-11-18(13-26-14-20)16-31(3)4/h6-11,14-17H,3-5,12-13,18-19H2,1-2H3,(H,30,35)(H,31,32);3-8,13-16H,9-12,17-18H2,1-2H3,(H,29,34)(H,30,31);5-10,13-16H,3-4,11-12,17-18H2,1-2H3,(H,29,34)(H,30,31);5-14H,15-16H2,1-4H3,(H,27,32)(H,28,29). The number of ether oxygens (including phenoxy) is 1. The number of nitrogens with zero attached hydrogens (tertiary/aromatic N) is 16. The highest BCUT2D eigenvalue weighted by Gasteiger charge is 2.24. The number of hydrogen-bond donors (Lipinski definition) is 8. The fourth-order valence-electron chi connectivity index (χ4n) is 17.3. The van der Waals surface area contributed by atoms with E-state index < -0.39 is 0 Å². The molecule has 0 spiro atoms. The van der Waals surface area contributed by atoms with Crippen molar-refractivity contribution in [2.45, 2.75) is 84.5 Å². The zero-order valence-corrected chi connectivity index (χ0v) is 79.1. The lowest BCUT2D eigenvalue weighted by molar-refractivity contribution is 0.0342. The number of hydrogen-bond acceptors (Lipinski definition) is 21. The molecule has 19 rings (SSSR count). The number of likely N-dealkylation sites (tertiary alicyclic amines) is 2. The van der Waals surface area contributed by atoms with E-state index in [2.05, 4.69) is 182 Å². The van der Waals surface area contributed by atoms with Gasteiger partial charge in [0, 0.05) is 182 Å². The van der Waals surface area contributed by atoms with Crippen LogP contribution in [-0.4, -0.2) is 247 Å². The Morgan fingerprint density at radius 1 is 0.272 bits per heavy atom. The van der Waals surface area contributed by atoms with E-state index in [-0.39, 0.29) is 23.6 Å². The van der Waals surface area contributed by atoms with Gasteiger partial charge in [-0.2, -0.15) is 20.4 Å². The molecular formula is C107H120N24O5. The lowest BCUT2D eigenvalue weighted by Gasteiger charge is -2.26. The molecule has 698 valence electrons. The van der Waals surface area contributed by atoms with E-state index in [0.29, 0.717) is 22.8 Å². The maximum absolute atomic E-state index is 13.1. The van der Waals surface area contributed by atoms with Gasteiger partial charge in [0.25, 0.3) is 23.6 Å². The minimum atomic E-state index is -0.242. The second-order valence-electron chi connectivity index (χ2n) is 36.7. The van der Waals surface area contributed by atoms with Crippen LogP contribution in [-0.2, 0) is 57.1 Å². The van der Waals surface area contributed by atoms with E-state index in [1.54, 1.807) is 0 Å². The molecule has 29 heteroatoms. The van der Waals surface area contributed by atoms with Crippen LogP contribution in [0.2, 0.25) is 0 Å². The number of carbonyl (C=O) groups excluding carboxylic acids is 4. The number of nitrogens with one attached hydrogen (secondary N) is 8. The molecule has 16 aromatic rings. The van der Waals surface area contributed by atoms with E-state index in [9.17, 15) is 19.2 Å². The van der Waals surface area contributed by atoms with Crippen molar-refractivity contribution in [2.24, 2.45) is 0 Å². The van der Waals surface area contributed by atoms with Crippen LogP contribution in [0.15, 0.2) is 244 Å². The highest BCUT2D eigenvalue weighted by molar-refractivity contribution is 6.14. The summed E-state index contributed by atoms with van der Waals surface area (Å²) in [5.74, 6) is -0.936. The zero-order valence-electron chi connectivity index (χ0n) is 79.1. The summed E-state index contributed by atoms with van der Waals surface area (Å²) in [6.45, 7) is 15.1. The van der Waals surface area contributed by atoms with Gasteiger partial charge in [-0.25, -0.2) is 0 Å². The quantitative estimate of drug-likeness (QED) is 0.0226. The Kier molecular flexibility index (Phi) is 31.5. The van der Waals surface area contributed by atoms with E-state index in [4.69, 9.17) is 4.74 Å². The smallest absolute Gasteiger partial charge is 0.276 e. The molecule has 3 fully saturated rings. The third-order valence-electron chi connectivity index (χ3n) is 23.9. The number of rotatable bonds is 28. The van der Waals surface area contributed by atoms with E-state index >= 15 is 0 Å². The average molecular weight is 1820 g/mol. The van der Waals surface area contributed by atoms with Gasteiger partial charge in [0.15, 0.2) is 22.8 Å². The van der Waals surface area contributed by atoms with E-state index in [0.717, 1.165) is 212 Å². The number of pyridine rings is 4. The Hall–Kier alpha value is -14.2. The lowest BCUT2D eigenvalue weighted by Crippen LogP contribution is -2.35. The molecule has 4 amide bonds. The second-order valence-corrected chi connectivity index (χ2v) is 36.7. The third-order valence-corrected chi connectivity index (χ3v) is 23.9. The summed E-state index contributed by atoms with van der Waals surface area (Å²) in [4.78, 5) is 87.7. The predicted octanol–water partition coefficient (Wildman–Crippen LogP) is 17.2. The van der Waals surface area contributed by atoms with Crippen molar-refractivity contribution in [3.05, 3.63) is 311 Å². The predicted molar refractivity (Wildman–Crippen MR) is 542 cm³/mol. The summed E-state index contributed by atoms with van der Waals surface area (Å²) >= 11 is 0. The Balaban J connectivity index is 0.000000132. The number of anilines is 4. The van der Waals surface area contributed by atoms with Crippen molar-refractivity contribution in [3.8, 4) is 44.5 Å². The molecular weight excluding hydrogens is 1700 g/mol. The van der Waals surface area contributed by atoms with E-state index in [1.165, 1.54) is 80.5 Å². The van der Waals surface area contributed by atoms with Gasteiger partial charge in [-0.3, -0.25) is 74.2 Å². The molecule has 8 aromatic heterocycles. The van der Waals surface area contributed by atoms with Crippen molar-refractivity contribution in [1.29, 1.82) is 0 Å². The molecule has 136 heavy (non-hydrogen) atoms. The molecule has 3 aliphatic heterocycles. The maximum atomic E-state index is 13.1. The summed E-state index contributed by atoms with van der Waals surface area (Å²) < 4.78 is 5.42. The van der Waals surface area contributed by atoms with Crippen LogP contribution >= 0.6 is 0 Å². The Morgan fingerprint density at radius 3 is 0.765 bits per heavy atom. The van der Waals surface area contributed by atoms with Crippen molar-refractivity contribution >= 4 is 90.0 Å². The zero-order chi connectivity index (χ0) is 94.6. The van der Waals surface area contributed by atoms with Gasteiger partial charge in [0.1, 0.15) is 0 Å². The Bertz CT molecular complexity index is 6540. The van der Waals surface area contributed by atoms with Crippen LogP contribution in [0, 0.1) is 0 Å². The van der Waals surface area contributed by atoms with Crippen LogP contribution < -0.4 is 21.3 Å². The van der Waals surface area contributed by atoms with E-state index in [1.807, 2.05) is 254 Å². The van der Waals surface area contributed by atoms with Gasteiger partial charge in [-0.15, -0.1) is 0 Å². The van der Waals surface area contributed by atoms with Crippen LogP contribution in [0.5, 0.6) is 0 Å². The number of aromatic nitrogens is 12. The molecule has 0 unspecified atom stereocenters. The summed E-state index contributed by atoms with van der Waals surface area (Å²) in [5.41, 5.74) is 25.3. The van der Waals surface area contributed by atoms with Crippen molar-refractivity contribution in [1.82, 2.24) is 99.9 Å². The Labute approximate surface area is 793 Å². The first-order valence-corrected chi connectivity index (χ1v) is 46.3. The first-order chi connectivity index (χ1) is 66.0. The van der Waals surface area contributed by atoms with Crippen LogP contribution in [0.1, 0.15) is 119 Å². The molecule has 3 aliphatic rings. The van der Waals surface area contributed by atoms with Gasteiger partial charge in [0.05, 0.1) is 35.3 Å². The number of H-pyrrole nitrogens is 4. The first-order valence-electron chi connectivity index (χ1n) is 46.3.